The summed E-state index contributed by atoms with van der Waals surface area (Å²) in [6.45, 7) is 5.60. The molecule has 0 radical (unpaired) electrons. The van der Waals surface area contributed by atoms with Gasteiger partial charge >= 0.3 is 6.03 Å². The number of allylic oxidation sites excluding steroid dienone is 1. The van der Waals surface area contributed by atoms with E-state index >= 15 is 0 Å². The van der Waals surface area contributed by atoms with Crippen LogP contribution in [0.2, 0.25) is 0 Å². The van der Waals surface area contributed by atoms with Crippen molar-refractivity contribution in [3.63, 3.8) is 0 Å². The van der Waals surface area contributed by atoms with E-state index in [9.17, 15) is 4.79 Å². The first-order valence-corrected chi connectivity index (χ1v) is 3.82. The Balaban J connectivity index is 3.60. The highest BCUT2D eigenvalue weighted by atomic mass is 16.2. The predicted octanol–water partition coefficient (Wildman–Crippen LogP) is 1.11. The highest BCUT2D eigenvalue weighted by molar-refractivity contribution is 5.74. The molecule has 0 aliphatic heterocycles. The molecule has 68 valence electrons. The lowest BCUT2D eigenvalue weighted by Gasteiger charge is -2.00. The lowest BCUT2D eigenvalue weighted by atomic mass is 10.1. The van der Waals surface area contributed by atoms with E-state index in [1.807, 2.05) is 13.0 Å². The van der Waals surface area contributed by atoms with Crippen LogP contribution in [-0.2, 0) is 0 Å². The number of urea groups is 1. The highest BCUT2D eigenvalue weighted by Gasteiger charge is 1.94. The first kappa shape index (κ1) is 10.7. The van der Waals surface area contributed by atoms with Crippen LogP contribution in [0.15, 0.2) is 17.8 Å². The van der Waals surface area contributed by atoms with E-state index in [1.165, 1.54) is 7.05 Å². The molecule has 0 aromatic rings. The van der Waals surface area contributed by atoms with Crippen molar-refractivity contribution in [2.45, 2.75) is 13.3 Å². The van der Waals surface area contributed by atoms with Gasteiger partial charge in [0.15, 0.2) is 0 Å². The zero-order valence-corrected chi connectivity index (χ0v) is 7.50. The van der Waals surface area contributed by atoms with E-state index in [1.54, 1.807) is 6.21 Å². The van der Waals surface area contributed by atoms with Gasteiger partial charge in [0.2, 0.25) is 0 Å². The number of nitrogens with zero attached hydrogens (tertiary/aromatic N) is 1. The Kier molecular flexibility index (Phi) is 5.69. The molecule has 0 aliphatic carbocycles. The van der Waals surface area contributed by atoms with Gasteiger partial charge in [-0.1, -0.05) is 13.0 Å². The third-order valence-electron chi connectivity index (χ3n) is 1.26. The van der Waals surface area contributed by atoms with Crippen molar-refractivity contribution in [2.24, 2.45) is 11.0 Å². The Hall–Kier alpha value is -1.32. The summed E-state index contributed by atoms with van der Waals surface area (Å²) in [7, 11) is 1.54. The Morgan fingerprint density at radius 3 is 2.92 bits per heavy atom. The van der Waals surface area contributed by atoms with Crippen LogP contribution in [0.1, 0.15) is 13.3 Å². The first-order chi connectivity index (χ1) is 5.70. The summed E-state index contributed by atoms with van der Waals surface area (Å²) in [4.78, 5) is 10.6. The van der Waals surface area contributed by atoms with E-state index in [0.717, 1.165) is 6.42 Å². The molecule has 1 atom stereocenters. The van der Waals surface area contributed by atoms with Gasteiger partial charge in [0.05, 0.1) is 0 Å². The van der Waals surface area contributed by atoms with Crippen molar-refractivity contribution in [2.75, 3.05) is 7.05 Å². The minimum absolute atomic E-state index is 0.305. The van der Waals surface area contributed by atoms with Gasteiger partial charge in [-0.15, -0.1) is 6.58 Å². The maximum atomic E-state index is 10.6. The van der Waals surface area contributed by atoms with Gasteiger partial charge in [-0.05, 0) is 12.3 Å². The second-order valence-electron chi connectivity index (χ2n) is 2.47. The monoisotopic (exact) mass is 169 g/mol. The third-order valence-corrected chi connectivity index (χ3v) is 1.26. The number of hydrogen-bond donors (Lipinski definition) is 2. The van der Waals surface area contributed by atoms with Crippen molar-refractivity contribution in [1.29, 1.82) is 0 Å². The van der Waals surface area contributed by atoms with E-state index in [0.29, 0.717) is 5.92 Å². The smallest absolute Gasteiger partial charge is 0.334 e. The Bertz CT molecular complexity index is 177. The maximum absolute atomic E-state index is 10.6. The molecule has 4 heteroatoms. The number of rotatable bonds is 4. The van der Waals surface area contributed by atoms with E-state index in [4.69, 9.17) is 0 Å². The molecule has 0 saturated carbocycles. The molecule has 0 heterocycles. The van der Waals surface area contributed by atoms with Crippen LogP contribution >= 0.6 is 0 Å². The molecule has 0 aromatic carbocycles. The molecule has 2 amide bonds. The average Bonchev–Trinajstić information content (AvgIpc) is 2.04. The Morgan fingerprint density at radius 2 is 2.42 bits per heavy atom. The molecule has 0 aliphatic rings. The maximum Gasteiger partial charge on any atom is 0.334 e. The lowest BCUT2D eigenvalue weighted by molar-refractivity contribution is 0.243. The van der Waals surface area contributed by atoms with Crippen molar-refractivity contribution in [3.05, 3.63) is 12.7 Å². The summed E-state index contributed by atoms with van der Waals surface area (Å²) in [6, 6.07) is -0.308. The number of nitrogens with one attached hydrogen (secondary N) is 2. The third kappa shape index (κ3) is 5.46. The largest absolute Gasteiger partial charge is 0.340 e. The molecule has 2 N–H and O–H groups in total. The average molecular weight is 169 g/mol. The van der Waals surface area contributed by atoms with Crippen LogP contribution in [-0.4, -0.2) is 19.3 Å². The van der Waals surface area contributed by atoms with Crippen molar-refractivity contribution >= 4 is 12.2 Å². The number of amides is 2. The van der Waals surface area contributed by atoms with Gasteiger partial charge in [-0.25, -0.2) is 10.2 Å². The summed E-state index contributed by atoms with van der Waals surface area (Å²) in [5.74, 6) is 0.305. The summed E-state index contributed by atoms with van der Waals surface area (Å²) >= 11 is 0. The quantitative estimate of drug-likeness (QED) is 0.370. The van der Waals surface area contributed by atoms with Gasteiger partial charge in [0.25, 0.3) is 0 Å². The number of hydrogen-bond acceptors (Lipinski definition) is 2. The standard InChI is InChI=1S/C8H15N3O/c1-4-5-7(2)6-10-11-8(12)9-3/h4,6-7H,1,5H2,2-3H3,(H2,9,11,12)/b10-6+. The second-order valence-corrected chi connectivity index (χ2v) is 2.47. The molecule has 4 nitrogen and oxygen atoms in total. The van der Waals surface area contributed by atoms with Crippen LogP contribution in [0.4, 0.5) is 4.79 Å². The van der Waals surface area contributed by atoms with Crippen LogP contribution in [0, 0.1) is 5.92 Å². The summed E-state index contributed by atoms with van der Waals surface area (Å²) < 4.78 is 0. The fraction of sp³-hybridized carbons (Fsp3) is 0.500. The van der Waals surface area contributed by atoms with Gasteiger partial charge in [0, 0.05) is 13.3 Å². The molecule has 0 fully saturated rings. The fourth-order valence-electron chi connectivity index (χ4n) is 0.603. The zero-order chi connectivity index (χ0) is 9.40. The second kappa shape index (κ2) is 6.39. The molecular formula is C8H15N3O. The summed E-state index contributed by atoms with van der Waals surface area (Å²) in [5.41, 5.74) is 2.31. The van der Waals surface area contributed by atoms with Crippen LogP contribution in [0.5, 0.6) is 0 Å². The highest BCUT2D eigenvalue weighted by Crippen LogP contribution is 1.96. The topological polar surface area (TPSA) is 53.5 Å². The Morgan fingerprint density at radius 1 is 1.75 bits per heavy atom. The summed E-state index contributed by atoms with van der Waals surface area (Å²) in [5, 5.41) is 6.11. The minimum atomic E-state index is -0.308. The molecule has 1 unspecified atom stereocenters. The van der Waals surface area contributed by atoms with E-state index in [2.05, 4.69) is 22.4 Å². The molecule has 0 aromatic heterocycles. The van der Waals surface area contributed by atoms with Crippen LogP contribution in [0.3, 0.4) is 0 Å². The van der Waals surface area contributed by atoms with Crippen LogP contribution in [0.25, 0.3) is 0 Å². The first-order valence-electron chi connectivity index (χ1n) is 3.82. The zero-order valence-electron chi connectivity index (χ0n) is 7.50. The predicted molar refractivity (Wildman–Crippen MR) is 50.1 cm³/mol. The molecular weight excluding hydrogens is 154 g/mol. The van der Waals surface area contributed by atoms with Crippen molar-refractivity contribution < 1.29 is 4.79 Å². The SMILES string of the molecule is C=CCC(C)/C=N/NC(=O)NC. The molecule has 0 spiro atoms. The fourth-order valence-corrected chi connectivity index (χ4v) is 0.603. The van der Waals surface area contributed by atoms with Gasteiger partial charge in [0.1, 0.15) is 0 Å². The lowest BCUT2D eigenvalue weighted by Crippen LogP contribution is -2.28. The van der Waals surface area contributed by atoms with E-state index < -0.39 is 0 Å². The summed E-state index contributed by atoms with van der Waals surface area (Å²) in [6.07, 6.45) is 4.35. The number of hydrazone groups is 1. The van der Waals surface area contributed by atoms with Gasteiger partial charge < -0.3 is 5.32 Å². The minimum Gasteiger partial charge on any atom is -0.340 e. The molecule has 0 bridgehead atoms. The van der Waals surface area contributed by atoms with Crippen molar-refractivity contribution in [1.82, 2.24) is 10.7 Å². The normalized spacial score (nSPS) is 12.5. The van der Waals surface area contributed by atoms with Gasteiger partial charge in [-0.2, -0.15) is 5.10 Å². The van der Waals surface area contributed by atoms with E-state index in [-0.39, 0.29) is 6.03 Å². The van der Waals surface area contributed by atoms with Crippen molar-refractivity contribution in [3.8, 4) is 0 Å². The number of carbonyl (C=O) groups excluding carboxylic acids is 1. The molecule has 12 heavy (non-hydrogen) atoms. The molecule has 0 saturated heterocycles. The Labute approximate surface area is 72.7 Å². The van der Waals surface area contributed by atoms with Crippen LogP contribution < -0.4 is 10.7 Å². The molecule has 0 rings (SSSR count). The number of carbonyl (C=O) groups is 1. The van der Waals surface area contributed by atoms with Gasteiger partial charge in [-0.3, -0.25) is 0 Å².